The van der Waals surface area contributed by atoms with Gasteiger partial charge in [-0.2, -0.15) is 0 Å². The Bertz CT molecular complexity index is 75.6. The molecule has 1 amide bonds. The maximum Gasteiger partial charge on any atom is 0.243 e. The zero-order valence-electron chi connectivity index (χ0n) is 2.75. The van der Waals surface area contributed by atoms with E-state index in [4.69, 9.17) is 9.59 Å². The summed E-state index contributed by atoms with van der Waals surface area (Å²) < 4.78 is 0. The molecule has 0 saturated heterocycles. The summed E-state index contributed by atoms with van der Waals surface area (Å²) in [7, 11) is 0. The highest BCUT2D eigenvalue weighted by molar-refractivity contribution is 5.85. The smallest absolute Gasteiger partial charge is 0.243 e. The molecule has 0 rings (SSSR count). The van der Waals surface area contributed by atoms with Crippen molar-refractivity contribution in [1.29, 1.82) is 0 Å². The molecule has 3 nitrogen and oxygen atoms in total. The second-order valence-corrected chi connectivity index (χ2v) is 0.326. The van der Waals surface area contributed by atoms with Crippen LogP contribution in [0, 0.1) is 0 Å². The first-order chi connectivity index (χ1) is 2.41. The van der Waals surface area contributed by atoms with Gasteiger partial charge in [0.2, 0.25) is 12.5 Å². The molecule has 0 fully saturated rings. The van der Waals surface area contributed by atoms with Crippen molar-refractivity contribution in [3.63, 3.8) is 0 Å². The van der Waals surface area contributed by atoms with Crippen LogP contribution in [0.15, 0.2) is 4.99 Å². The third kappa shape index (κ3) is 10.2. The number of carbonyl (C=O) groups excluding carboxylic acids is 2. The minimum atomic E-state index is 0. The van der Waals surface area contributed by atoms with Crippen molar-refractivity contribution in [3.05, 3.63) is 0 Å². The van der Waals surface area contributed by atoms with Crippen LogP contribution in [0.2, 0.25) is 0 Å². The van der Waals surface area contributed by atoms with E-state index in [2.05, 4.69) is 4.99 Å². The third-order valence-corrected chi connectivity index (χ3v) is 0.105. The molecule has 0 spiro atoms. The molecular weight excluding hydrogens is 105 g/mol. The predicted octanol–water partition coefficient (Wildman–Crippen LogP) is -0.0996. The molecular formula is C2H2ClNO2. The molecule has 0 saturated carbocycles. The molecule has 0 N–H and O–H groups in total. The molecule has 34 valence electrons. The summed E-state index contributed by atoms with van der Waals surface area (Å²) in [6, 6.07) is 0. The first kappa shape index (κ1) is 9.02. The van der Waals surface area contributed by atoms with E-state index in [9.17, 15) is 0 Å². The van der Waals surface area contributed by atoms with Crippen LogP contribution in [-0.4, -0.2) is 12.5 Å². The Morgan fingerprint density at radius 1 is 1.67 bits per heavy atom. The van der Waals surface area contributed by atoms with Gasteiger partial charge >= 0.3 is 0 Å². The highest BCUT2D eigenvalue weighted by Gasteiger charge is 1.47. The van der Waals surface area contributed by atoms with Crippen LogP contribution in [0.3, 0.4) is 0 Å². The average molecular weight is 107 g/mol. The van der Waals surface area contributed by atoms with Crippen LogP contribution >= 0.6 is 12.4 Å². The fourth-order valence-corrected chi connectivity index (χ4v) is 0.0215. The maximum atomic E-state index is 8.98. The van der Waals surface area contributed by atoms with E-state index >= 15 is 0 Å². The minimum absolute atomic E-state index is 0. The summed E-state index contributed by atoms with van der Waals surface area (Å²) in [6.07, 6.45) is 1.16. The van der Waals surface area contributed by atoms with Crippen LogP contribution in [-0.2, 0) is 9.59 Å². The van der Waals surface area contributed by atoms with Gasteiger partial charge in [-0.1, -0.05) is 0 Å². The molecule has 0 aromatic carbocycles. The molecule has 0 aromatic rings. The van der Waals surface area contributed by atoms with Gasteiger partial charge in [0.25, 0.3) is 0 Å². The lowest BCUT2D eigenvalue weighted by Gasteiger charge is -1.39. The number of halogens is 1. The summed E-state index contributed by atoms with van der Waals surface area (Å²) in [5, 5.41) is 0. The normalized spacial score (nSPS) is 4.00. The van der Waals surface area contributed by atoms with Gasteiger partial charge in [-0.15, -0.1) is 17.4 Å². The Morgan fingerprint density at radius 3 is 2.17 bits per heavy atom. The number of nitrogens with zero attached hydrogens (tertiary/aromatic N) is 1. The minimum Gasteiger partial charge on any atom is -0.276 e. The van der Waals surface area contributed by atoms with Crippen molar-refractivity contribution < 1.29 is 9.59 Å². The number of rotatable bonds is 1. The van der Waals surface area contributed by atoms with Gasteiger partial charge in [-0.25, -0.2) is 4.79 Å². The fourth-order valence-electron chi connectivity index (χ4n) is 0.0215. The standard InChI is InChI=1S/C2HNO2.ClH/c4-1-3-2-5;/h1H;1H. The van der Waals surface area contributed by atoms with Crippen LogP contribution in [0.25, 0.3) is 0 Å². The van der Waals surface area contributed by atoms with E-state index < -0.39 is 0 Å². The molecule has 6 heavy (non-hydrogen) atoms. The Labute approximate surface area is 40.5 Å². The largest absolute Gasteiger partial charge is 0.276 e. The lowest BCUT2D eigenvalue weighted by atomic mass is 11.3. The Kier molecular flexibility index (Phi) is 13.3. The lowest BCUT2D eigenvalue weighted by molar-refractivity contribution is -0.106. The van der Waals surface area contributed by atoms with Gasteiger partial charge in [-0.05, 0) is 0 Å². The second-order valence-electron chi connectivity index (χ2n) is 0.326. The van der Waals surface area contributed by atoms with Crippen molar-refractivity contribution >= 4 is 24.9 Å². The van der Waals surface area contributed by atoms with E-state index in [1.54, 1.807) is 0 Å². The third-order valence-electron chi connectivity index (χ3n) is 0.105. The zero-order chi connectivity index (χ0) is 4.12. The Morgan fingerprint density at radius 2 is 2.17 bits per heavy atom. The van der Waals surface area contributed by atoms with Crippen molar-refractivity contribution in [2.45, 2.75) is 0 Å². The number of hydrogen-bond donors (Lipinski definition) is 0. The van der Waals surface area contributed by atoms with Crippen molar-refractivity contribution in [1.82, 2.24) is 0 Å². The van der Waals surface area contributed by atoms with Crippen molar-refractivity contribution in [2.75, 3.05) is 0 Å². The number of isocyanates is 1. The van der Waals surface area contributed by atoms with E-state index in [1.165, 1.54) is 0 Å². The lowest BCUT2D eigenvalue weighted by Crippen LogP contribution is -1.52. The summed E-state index contributed by atoms with van der Waals surface area (Å²) >= 11 is 0. The number of hydrogen-bond acceptors (Lipinski definition) is 2. The number of aliphatic imine (C=N–C) groups is 1. The quantitative estimate of drug-likeness (QED) is 0.267. The van der Waals surface area contributed by atoms with E-state index in [0.29, 0.717) is 0 Å². The van der Waals surface area contributed by atoms with Crippen molar-refractivity contribution in [3.8, 4) is 0 Å². The molecule has 0 atom stereocenters. The Hall–Kier alpha value is -0.660. The van der Waals surface area contributed by atoms with Gasteiger partial charge in [0.05, 0.1) is 0 Å². The molecule has 0 heterocycles. The fraction of sp³-hybridized carbons (Fsp3) is 0. The molecule has 4 heteroatoms. The van der Waals surface area contributed by atoms with Crippen LogP contribution in [0.5, 0.6) is 0 Å². The molecule has 0 aliphatic carbocycles. The van der Waals surface area contributed by atoms with Gasteiger partial charge in [0.15, 0.2) is 0 Å². The molecule has 0 radical (unpaired) electrons. The predicted molar refractivity (Wildman–Crippen MR) is 21.4 cm³/mol. The van der Waals surface area contributed by atoms with E-state index in [1.807, 2.05) is 0 Å². The van der Waals surface area contributed by atoms with Crippen LogP contribution in [0.4, 0.5) is 0 Å². The average Bonchev–Trinajstić information content (AvgIpc) is 1.41. The summed E-state index contributed by atoms with van der Waals surface area (Å²) in [5.74, 6) is 0. The second kappa shape index (κ2) is 8.84. The topological polar surface area (TPSA) is 46.5 Å². The number of carbonyl (C=O) groups is 1. The molecule has 0 aliphatic rings. The monoisotopic (exact) mass is 107 g/mol. The van der Waals surface area contributed by atoms with E-state index in [0.717, 1.165) is 6.08 Å². The van der Waals surface area contributed by atoms with Gasteiger partial charge in [0, 0.05) is 0 Å². The molecule has 0 bridgehead atoms. The summed E-state index contributed by atoms with van der Waals surface area (Å²) in [6.45, 7) is 0. The summed E-state index contributed by atoms with van der Waals surface area (Å²) in [4.78, 5) is 20.3. The first-order valence-electron chi connectivity index (χ1n) is 0.922. The van der Waals surface area contributed by atoms with E-state index in [-0.39, 0.29) is 18.8 Å². The zero-order valence-corrected chi connectivity index (χ0v) is 3.57. The highest BCUT2D eigenvalue weighted by Crippen LogP contribution is 1.35. The summed E-state index contributed by atoms with van der Waals surface area (Å²) in [5.41, 5.74) is 0. The Balaban J connectivity index is 0. The number of amides is 1. The molecule has 0 aliphatic heterocycles. The maximum absolute atomic E-state index is 8.98. The van der Waals surface area contributed by atoms with Crippen LogP contribution in [0.1, 0.15) is 0 Å². The first-order valence-corrected chi connectivity index (χ1v) is 0.922. The van der Waals surface area contributed by atoms with Gasteiger partial charge in [0.1, 0.15) is 0 Å². The highest BCUT2D eigenvalue weighted by atomic mass is 35.5. The molecule has 0 unspecified atom stereocenters. The van der Waals surface area contributed by atoms with Gasteiger partial charge < -0.3 is 0 Å². The van der Waals surface area contributed by atoms with Crippen molar-refractivity contribution in [2.24, 2.45) is 4.99 Å². The SMILES string of the molecule is Cl.O=C=NC=O. The van der Waals surface area contributed by atoms with Crippen LogP contribution < -0.4 is 0 Å². The van der Waals surface area contributed by atoms with Gasteiger partial charge in [-0.3, -0.25) is 4.79 Å². The molecule has 0 aromatic heterocycles.